The van der Waals surface area contributed by atoms with E-state index in [-0.39, 0.29) is 10.3 Å². The maximum atomic E-state index is 13.1. The maximum absolute atomic E-state index is 13.1. The minimum atomic E-state index is -4.14. The molecule has 2 aromatic carbocycles. The second kappa shape index (κ2) is 10.9. The quantitative estimate of drug-likeness (QED) is 0.406. The summed E-state index contributed by atoms with van der Waals surface area (Å²) in [7, 11) is -4.14. The van der Waals surface area contributed by atoms with Crippen molar-refractivity contribution in [3.63, 3.8) is 0 Å². The number of amides is 1. The molecule has 8 heteroatoms. The third-order valence-corrected chi connectivity index (χ3v) is 6.91. The Morgan fingerprint density at radius 2 is 1.67 bits per heavy atom. The van der Waals surface area contributed by atoms with Gasteiger partial charge in [0.1, 0.15) is 5.82 Å². The molecule has 194 valence electrons. The van der Waals surface area contributed by atoms with E-state index < -0.39 is 22.2 Å². The van der Waals surface area contributed by atoms with Crippen molar-refractivity contribution in [1.82, 2.24) is 14.3 Å². The van der Waals surface area contributed by atoms with E-state index in [1.54, 1.807) is 26.0 Å². The molecule has 0 radical (unpaired) electrons. The van der Waals surface area contributed by atoms with Crippen LogP contribution >= 0.6 is 0 Å². The first-order valence-electron chi connectivity index (χ1n) is 12.2. The van der Waals surface area contributed by atoms with Crippen LogP contribution in [0.4, 0.5) is 4.79 Å². The van der Waals surface area contributed by atoms with Crippen molar-refractivity contribution in [2.45, 2.75) is 77.8 Å². The van der Waals surface area contributed by atoms with Gasteiger partial charge in [-0.25, -0.2) is 22.9 Å². The van der Waals surface area contributed by atoms with Gasteiger partial charge in [-0.15, -0.1) is 0 Å². The van der Waals surface area contributed by atoms with E-state index in [4.69, 9.17) is 4.74 Å². The van der Waals surface area contributed by atoms with Gasteiger partial charge in [-0.3, -0.25) is 0 Å². The molecule has 1 N–H and O–H groups in total. The molecule has 3 aromatic rings. The summed E-state index contributed by atoms with van der Waals surface area (Å²) in [6.45, 7) is 14.6. The summed E-state index contributed by atoms with van der Waals surface area (Å²) in [5, 5.41) is 0. The zero-order chi connectivity index (χ0) is 26.7. The fourth-order valence-corrected chi connectivity index (χ4v) is 5.20. The SMILES string of the molecule is CC(C)Cc1ccc(S(=O)(=O)NC(=O)OC(C)C)c(-c2ccc(Cn3ccnc3C(C)(C)C)cc2)c1. The summed E-state index contributed by atoms with van der Waals surface area (Å²) in [5.41, 5.74) is 3.32. The van der Waals surface area contributed by atoms with Crippen LogP contribution in [0.1, 0.15) is 65.4 Å². The fraction of sp³-hybridized carbons (Fsp3) is 0.429. The average molecular weight is 512 g/mol. The lowest BCUT2D eigenvalue weighted by atomic mass is 9.95. The first-order valence-corrected chi connectivity index (χ1v) is 13.7. The summed E-state index contributed by atoms with van der Waals surface area (Å²) in [4.78, 5) is 16.6. The topological polar surface area (TPSA) is 90.3 Å². The first-order chi connectivity index (χ1) is 16.8. The molecule has 1 aromatic heterocycles. The minimum absolute atomic E-state index is 0.0353. The fourth-order valence-electron chi connectivity index (χ4n) is 4.11. The number of rotatable bonds is 8. The summed E-state index contributed by atoms with van der Waals surface area (Å²) in [6.07, 6.45) is 3.16. The van der Waals surface area contributed by atoms with Crippen molar-refractivity contribution in [2.75, 3.05) is 0 Å². The molecule has 36 heavy (non-hydrogen) atoms. The van der Waals surface area contributed by atoms with Gasteiger partial charge < -0.3 is 9.30 Å². The Bertz CT molecular complexity index is 1300. The molecular formula is C28H37N3O4S. The highest BCUT2D eigenvalue weighted by atomic mass is 32.2. The standard InChI is InChI=1S/C28H37N3O4S/c1-19(2)16-22-10-13-25(36(33,34)30-27(32)35-20(3)4)24(17-22)23-11-8-21(9-12-23)18-31-15-14-29-26(31)28(5,6)7/h8-15,17,19-20H,16,18H2,1-7H3,(H,30,32). The van der Waals surface area contributed by atoms with Crippen molar-refractivity contribution in [3.8, 4) is 11.1 Å². The largest absolute Gasteiger partial charge is 0.446 e. The molecule has 0 bridgehead atoms. The molecule has 0 aliphatic heterocycles. The number of benzene rings is 2. The van der Waals surface area contributed by atoms with E-state index in [0.717, 1.165) is 28.9 Å². The molecule has 0 spiro atoms. The molecule has 7 nitrogen and oxygen atoms in total. The van der Waals surface area contributed by atoms with Crippen LogP contribution in [0.5, 0.6) is 0 Å². The van der Waals surface area contributed by atoms with Crippen molar-refractivity contribution in [3.05, 3.63) is 71.8 Å². The van der Waals surface area contributed by atoms with Crippen molar-refractivity contribution in [1.29, 1.82) is 0 Å². The molecule has 0 atom stereocenters. The van der Waals surface area contributed by atoms with E-state index in [2.05, 4.69) is 44.2 Å². The summed E-state index contributed by atoms with van der Waals surface area (Å²) in [6, 6.07) is 13.1. The van der Waals surface area contributed by atoms with E-state index in [1.807, 2.05) is 47.4 Å². The third-order valence-electron chi connectivity index (χ3n) is 5.54. The van der Waals surface area contributed by atoms with Gasteiger partial charge in [0.15, 0.2) is 0 Å². The Kier molecular flexibility index (Phi) is 8.29. The number of imidazole rings is 1. The predicted octanol–water partition coefficient (Wildman–Crippen LogP) is 5.92. The Balaban J connectivity index is 1.97. The number of sulfonamides is 1. The van der Waals surface area contributed by atoms with Gasteiger partial charge in [0.05, 0.1) is 11.0 Å². The van der Waals surface area contributed by atoms with Crippen LogP contribution in [0.25, 0.3) is 11.1 Å². The highest BCUT2D eigenvalue weighted by Crippen LogP contribution is 2.30. The Morgan fingerprint density at radius 3 is 2.25 bits per heavy atom. The Morgan fingerprint density at radius 1 is 1.03 bits per heavy atom. The van der Waals surface area contributed by atoms with Gasteiger partial charge in [0.2, 0.25) is 0 Å². The average Bonchev–Trinajstić information content (AvgIpc) is 3.21. The first kappa shape index (κ1) is 27.5. The highest BCUT2D eigenvalue weighted by Gasteiger charge is 2.24. The molecule has 0 aliphatic rings. The number of ether oxygens (including phenoxy) is 1. The molecule has 0 fully saturated rings. The number of nitrogens with zero attached hydrogens (tertiary/aromatic N) is 2. The van der Waals surface area contributed by atoms with E-state index in [1.165, 1.54) is 0 Å². The molecule has 0 aliphatic carbocycles. The minimum Gasteiger partial charge on any atom is -0.446 e. The zero-order valence-corrected chi connectivity index (χ0v) is 23.0. The lowest BCUT2D eigenvalue weighted by molar-refractivity contribution is 0.121. The summed E-state index contributed by atoms with van der Waals surface area (Å²) >= 11 is 0. The van der Waals surface area contributed by atoms with Crippen LogP contribution in [0.3, 0.4) is 0 Å². The van der Waals surface area contributed by atoms with E-state index in [0.29, 0.717) is 18.0 Å². The predicted molar refractivity (Wildman–Crippen MR) is 142 cm³/mol. The number of hydrogen-bond donors (Lipinski definition) is 1. The number of carbonyl (C=O) groups is 1. The van der Waals surface area contributed by atoms with E-state index >= 15 is 0 Å². The smallest absolute Gasteiger partial charge is 0.421 e. The molecular weight excluding hydrogens is 474 g/mol. The van der Waals surface area contributed by atoms with Crippen LogP contribution in [0, 0.1) is 5.92 Å². The lowest BCUT2D eigenvalue weighted by Gasteiger charge is -2.20. The normalized spacial score (nSPS) is 12.2. The van der Waals surface area contributed by atoms with Gasteiger partial charge in [0, 0.05) is 29.9 Å². The summed E-state index contributed by atoms with van der Waals surface area (Å²) in [5.74, 6) is 1.41. The lowest BCUT2D eigenvalue weighted by Crippen LogP contribution is -2.33. The van der Waals surface area contributed by atoms with Gasteiger partial charge in [-0.05, 0) is 55.0 Å². The Labute approximate surface area is 215 Å². The number of carbonyl (C=O) groups excluding carboxylic acids is 1. The van der Waals surface area contributed by atoms with Crippen LogP contribution < -0.4 is 4.72 Å². The van der Waals surface area contributed by atoms with Crippen molar-refractivity contribution in [2.24, 2.45) is 5.92 Å². The van der Waals surface area contributed by atoms with Gasteiger partial charge in [0.25, 0.3) is 10.0 Å². The van der Waals surface area contributed by atoms with Crippen LogP contribution in [-0.4, -0.2) is 30.2 Å². The monoisotopic (exact) mass is 511 g/mol. The molecule has 0 saturated heterocycles. The highest BCUT2D eigenvalue weighted by molar-refractivity contribution is 7.90. The molecule has 0 unspecified atom stereocenters. The molecule has 3 rings (SSSR count). The third kappa shape index (κ3) is 6.97. The van der Waals surface area contributed by atoms with Crippen molar-refractivity contribution >= 4 is 16.1 Å². The second-order valence-corrected chi connectivity index (χ2v) is 12.5. The zero-order valence-electron chi connectivity index (χ0n) is 22.2. The molecule has 0 saturated carbocycles. The van der Waals surface area contributed by atoms with Crippen molar-refractivity contribution < 1.29 is 17.9 Å². The van der Waals surface area contributed by atoms with Crippen LogP contribution in [-0.2, 0) is 33.1 Å². The van der Waals surface area contributed by atoms with Gasteiger partial charge in [-0.1, -0.05) is 65.0 Å². The molecule has 1 heterocycles. The Hall–Kier alpha value is -3.13. The second-order valence-electron chi connectivity index (χ2n) is 10.8. The van der Waals surface area contributed by atoms with Gasteiger partial charge >= 0.3 is 6.09 Å². The molecule has 1 amide bonds. The van der Waals surface area contributed by atoms with Gasteiger partial charge in [-0.2, -0.15) is 0 Å². The summed E-state index contributed by atoms with van der Waals surface area (Å²) < 4.78 is 35.4. The maximum Gasteiger partial charge on any atom is 0.421 e. The number of aromatic nitrogens is 2. The van der Waals surface area contributed by atoms with Crippen LogP contribution in [0.2, 0.25) is 0 Å². The number of nitrogens with one attached hydrogen (secondary N) is 1. The number of hydrogen-bond acceptors (Lipinski definition) is 5. The van der Waals surface area contributed by atoms with E-state index in [9.17, 15) is 13.2 Å². The van der Waals surface area contributed by atoms with Crippen LogP contribution in [0.15, 0.2) is 59.8 Å².